The molecular formula is C12H9N5S2. The monoisotopic (exact) mass is 287 g/mol. The highest BCUT2D eigenvalue weighted by molar-refractivity contribution is 8.33. The number of aliphatic imine (C=N–C) groups is 1. The topological polar surface area (TPSA) is 77.4 Å². The number of amidine groups is 1. The van der Waals surface area contributed by atoms with Gasteiger partial charge in [0.2, 0.25) is 0 Å². The van der Waals surface area contributed by atoms with Crippen LogP contribution in [0.1, 0.15) is 11.6 Å². The lowest BCUT2D eigenvalue weighted by Gasteiger charge is -2.31. The summed E-state index contributed by atoms with van der Waals surface area (Å²) < 4.78 is 0.603. The van der Waals surface area contributed by atoms with Gasteiger partial charge < -0.3 is 5.73 Å². The lowest BCUT2D eigenvalue weighted by atomic mass is 9.98. The van der Waals surface area contributed by atoms with Gasteiger partial charge in [0.25, 0.3) is 0 Å². The van der Waals surface area contributed by atoms with Crippen LogP contribution in [0.3, 0.4) is 0 Å². The van der Waals surface area contributed by atoms with Gasteiger partial charge in [0.15, 0.2) is 9.49 Å². The van der Waals surface area contributed by atoms with Crippen molar-refractivity contribution in [3.05, 3.63) is 47.3 Å². The Balaban J connectivity index is 2.13. The Hall–Kier alpha value is -2.04. The highest BCUT2D eigenvalue weighted by Crippen LogP contribution is 2.37. The SMILES string of the molecule is N#CC1=C(N)N=C2SC(=S)NN2C1c1ccccc1. The van der Waals surface area contributed by atoms with E-state index in [2.05, 4.69) is 16.5 Å². The van der Waals surface area contributed by atoms with Crippen LogP contribution in [0.15, 0.2) is 46.7 Å². The molecule has 2 aliphatic heterocycles. The minimum Gasteiger partial charge on any atom is -0.383 e. The fraction of sp³-hybridized carbons (Fsp3) is 0.0833. The molecule has 2 aliphatic rings. The molecule has 1 aromatic carbocycles. The summed E-state index contributed by atoms with van der Waals surface area (Å²) in [6, 6.07) is 11.5. The maximum absolute atomic E-state index is 9.33. The van der Waals surface area contributed by atoms with Gasteiger partial charge in [-0.3, -0.25) is 10.4 Å². The minimum absolute atomic E-state index is 0.251. The fourth-order valence-corrected chi connectivity index (χ4v) is 3.08. The van der Waals surface area contributed by atoms with Crippen LogP contribution in [0.5, 0.6) is 0 Å². The molecule has 0 saturated carbocycles. The van der Waals surface area contributed by atoms with Crippen LogP contribution >= 0.6 is 24.0 Å². The number of nitrogens with two attached hydrogens (primary N) is 1. The standard InChI is InChI=1S/C12H9N5S2/c13-6-8-9(7-4-2-1-3-5-7)17-11(15-10(8)14)19-12(18)16-17/h1-5,9H,14H2,(H,16,18). The molecule has 5 nitrogen and oxygen atoms in total. The first-order valence-electron chi connectivity index (χ1n) is 5.52. The summed E-state index contributed by atoms with van der Waals surface area (Å²) in [5.41, 5.74) is 10.3. The Morgan fingerprint density at radius 3 is 2.84 bits per heavy atom. The van der Waals surface area contributed by atoms with E-state index in [0.29, 0.717) is 15.1 Å². The second-order valence-corrected chi connectivity index (χ2v) is 5.63. The number of rotatable bonds is 1. The predicted molar refractivity (Wildman–Crippen MR) is 78.6 cm³/mol. The molecule has 7 heteroatoms. The second kappa shape index (κ2) is 4.57. The van der Waals surface area contributed by atoms with Gasteiger partial charge in [0, 0.05) is 0 Å². The number of hydrazine groups is 1. The van der Waals surface area contributed by atoms with Crippen molar-refractivity contribution in [2.75, 3.05) is 0 Å². The van der Waals surface area contributed by atoms with Crippen molar-refractivity contribution in [3.8, 4) is 6.07 Å². The van der Waals surface area contributed by atoms with E-state index in [9.17, 15) is 5.26 Å². The van der Waals surface area contributed by atoms with Gasteiger partial charge >= 0.3 is 0 Å². The van der Waals surface area contributed by atoms with Gasteiger partial charge in [-0.25, -0.2) is 4.99 Å². The normalized spacial score (nSPS) is 21.6. The van der Waals surface area contributed by atoms with Crippen molar-refractivity contribution in [2.45, 2.75) is 6.04 Å². The number of hydrogen-bond donors (Lipinski definition) is 2. The van der Waals surface area contributed by atoms with Crippen molar-refractivity contribution in [2.24, 2.45) is 10.7 Å². The highest BCUT2D eigenvalue weighted by atomic mass is 32.2. The zero-order valence-electron chi connectivity index (χ0n) is 9.70. The van der Waals surface area contributed by atoms with Crippen molar-refractivity contribution >= 4 is 33.5 Å². The number of fused-ring (bicyclic) bond motifs is 1. The Bertz CT molecular complexity index is 644. The Kier molecular flexibility index (Phi) is 2.89. The zero-order valence-corrected chi connectivity index (χ0v) is 11.3. The molecule has 3 N–H and O–H groups in total. The van der Waals surface area contributed by atoms with Crippen LogP contribution in [0.4, 0.5) is 0 Å². The molecule has 0 aromatic heterocycles. The summed E-state index contributed by atoms with van der Waals surface area (Å²) in [6.45, 7) is 0. The second-order valence-electron chi connectivity index (χ2n) is 3.99. The van der Waals surface area contributed by atoms with Gasteiger partial charge in [-0.15, -0.1) is 0 Å². The van der Waals surface area contributed by atoms with E-state index in [1.54, 1.807) is 5.01 Å². The van der Waals surface area contributed by atoms with E-state index < -0.39 is 0 Å². The minimum atomic E-state index is -0.299. The molecule has 94 valence electrons. The van der Waals surface area contributed by atoms with Crippen molar-refractivity contribution in [1.29, 1.82) is 5.26 Å². The van der Waals surface area contributed by atoms with Crippen LogP contribution in [-0.2, 0) is 0 Å². The summed E-state index contributed by atoms with van der Waals surface area (Å²) in [4.78, 5) is 4.21. The van der Waals surface area contributed by atoms with E-state index in [4.69, 9.17) is 18.0 Å². The summed E-state index contributed by atoms with van der Waals surface area (Å²) in [7, 11) is 0. The zero-order chi connectivity index (χ0) is 13.4. The smallest absolute Gasteiger partial charge is 0.192 e. The first-order chi connectivity index (χ1) is 9.20. The third kappa shape index (κ3) is 1.95. The van der Waals surface area contributed by atoms with Crippen LogP contribution in [0, 0.1) is 11.3 Å². The predicted octanol–water partition coefficient (Wildman–Crippen LogP) is 1.63. The van der Waals surface area contributed by atoms with Crippen LogP contribution < -0.4 is 11.2 Å². The van der Waals surface area contributed by atoms with E-state index >= 15 is 0 Å². The summed E-state index contributed by atoms with van der Waals surface area (Å²) in [5.74, 6) is 0.251. The Morgan fingerprint density at radius 1 is 1.42 bits per heavy atom. The molecule has 0 amide bonds. The van der Waals surface area contributed by atoms with Crippen LogP contribution in [-0.4, -0.2) is 14.5 Å². The van der Waals surface area contributed by atoms with Crippen molar-refractivity contribution < 1.29 is 0 Å². The molecule has 1 unspecified atom stereocenters. The van der Waals surface area contributed by atoms with E-state index in [1.807, 2.05) is 30.3 Å². The summed E-state index contributed by atoms with van der Waals surface area (Å²) >= 11 is 6.47. The van der Waals surface area contributed by atoms with E-state index in [0.717, 1.165) is 5.56 Å². The molecule has 2 heterocycles. The molecule has 1 fully saturated rings. The van der Waals surface area contributed by atoms with Gasteiger partial charge in [0.05, 0.1) is 0 Å². The molecule has 0 bridgehead atoms. The van der Waals surface area contributed by atoms with Crippen molar-refractivity contribution in [1.82, 2.24) is 10.4 Å². The molecule has 19 heavy (non-hydrogen) atoms. The molecule has 1 saturated heterocycles. The van der Waals surface area contributed by atoms with Gasteiger partial charge in [-0.1, -0.05) is 42.5 Å². The average Bonchev–Trinajstić information content (AvgIpc) is 2.77. The molecule has 1 aromatic rings. The quantitative estimate of drug-likeness (QED) is 0.764. The fourth-order valence-electron chi connectivity index (χ4n) is 2.05. The summed E-state index contributed by atoms with van der Waals surface area (Å²) in [5, 5.41) is 11.8. The lowest BCUT2D eigenvalue weighted by Crippen LogP contribution is -2.42. The van der Waals surface area contributed by atoms with E-state index in [-0.39, 0.29) is 11.9 Å². The summed E-state index contributed by atoms with van der Waals surface area (Å²) in [6.07, 6.45) is 0. The average molecular weight is 287 g/mol. The third-order valence-electron chi connectivity index (χ3n) is 2.86. The molecule has 0 aliphatic carbocycles. The Morgan fingerprint density at radius 2 is 2.16 bits per heavy atom. The van der Waals surface area contributed by atoms with E-state index in [1.165, 1.54) is 11.8 Å². The number of nitrogens with one attached hydrogen (secondary N) is 1. The molecule has 1 atom stereocenters. The van der Waals surface area contributed by atoms with Gasteiger partial charge in [0.1, 0.15) is 23.5 Å². The number of hydrogen-bond acceptors (Lipinski definition) is 6. The number of thioether (sulfide) groups is 1. The molecule has 0 radical (unpaired) electrons. The van der Waals surface area contributed by atoms with Gasteiger partial charge in [-0.2, -0.15) is 5.26 Å². The first-order valence-corrected chi connectivity index (χ1v) is 6.74. The maximum Gasteiger partial charge on any atom is 0.192 e. The van der Waals surface area contributed by atoms with Gasteiger partial charge in [-0.05, 0) is 17.3 Å². The number of thiocarbonyl (C=S) groups is 1. The van der Waals surface area contributed by atoms with Crippen LogP contribution in [0.25, 0.3) is 0 Å². The number of benzene rings is 1. The Labute approximate surface area is 119 Å². The van der Waals surface area contributed by atoms with Crippen molar-refractivity contribution in [3.63, 3.8) is 0 Å². The first kappa shape index (κ1) is 12.0. The third-order valence-corrected chi connectivity index (χ3v) is 3.95. The largest absolute Gasteiger partial charge is 0.383 e. The number of nitriles is 1. The maximum atomic E-state index is 9.33. The number of nitrogens with zero attached hydrogens (tertiary/aromatic N) is 3. The molecule has 0 spiro atoms. The molecule has 3 rings (SSSR count). The highest BCUT2D eigenvalue weighted by Gasteiger charge is 2.38. The lowest BCUT2D eigenvalue weighted by molar-refractivity contribution is 0.325. The molecular weight excluding hydrogens is 278 g/mol. The van der Waals surface area contributed by atoms with Crippen LogP contribution in [0.2, 0.25) is 0 Å².